The number of H-pyrrole nitrogens is 1. The summed E-state index contributed by atoms with van der Waals surface area (Å²) in [4.78, 5) is 24.9. The highest BCUT2D eigenvalue weighted by molar-refractivity contribution is 9.10. The van der Waals surface area contributed by atoms with Gasteiger partial charge >= 0.3 is 0 Å². The average molecular weight is 428 g/mol. The van der Waals surface area contributed by atoms with E-state index in [-0.39, 0.29) is 11.3 Å². The van der Waals surface area contributed by atoms with E-state index in [2.05, 4.69) is 30.9 Å². The molecule has 4 nitrogen and oxygen atoms in total. The van der Waals surface area contributed by atoms with Crippen LogP contribution in [-0.2, 0) is 0 Å². The first-order valence-electron chi connectivity index (χ1n) is 6.80. The summed E-state index contributed by atoms with van der Waals surface area (Å²) in [7, 11) is 0. The van der Waals surface area contributed by atoms with E-state index in [1.165, 1.54) is 17.4 Å². The Bertz CT molecular complexity index is 1150. The third kappa shape index (κ3) is 2.47. The molecule has 9 heteroatoms. The molecule has 0 aromatic carbocycles. The van der Waals surface area contributed by atoms with Crippen molar-refractivity contribution in [1.29, 1.82) is 0 Å². The molecule has 0 bridgehead atoms. The van der Waals surface area contributed by atoms with Crippen LogP contribution >= 0.6 is 38.6 Å². The van der Waals surface area contributed by atoms with Crippen molar-refractivity contribution in [1.82, 2.24) is 15.0 Å². The van der Waals surface area contributed by atoms with Crippen molar-refractivity contribution in [3.05, 3.63) is 43.6 Å². The topological polar surface area (TPSA) is 58.6 Å². The number of aromatic amines is 1. The van der Waals surface area contributed by atoms with Gasteiger partial charge in [0.1, 0.15) is 15.2 Å². The summed E-state index contributed by atoms with van der Waals surface area (Å²) in [6.45, 7) is 1.73. The van der Waals surface area contributed by atoms with E-state index < -0.39 is 6.43 Å². The number of hydrogen-bond donors (Lipinski definition) is 1. The van der Waals surface area contributed by atoms with Gasteiger partial charge in [0.15, 0.2) is 5.82 Å². The van der Waals surface area contributed by atoms with E-state index in [0.717, 1.165) is 20.7 Å². The number of rotatable bonds is 2. The second-order valence-electron chi connectivity index (χ2n) is 5.17. The molecule has 1 N–H and O–H groups in total. The zero-order chi connectivity index (χ0) is 17.0. The molecule has 0 fully saturated rings. The Labute approximate surface area is 150 Å². The maximum absolute atomic E-state index is 13.0. The first-order chi connectivity index (χ1) is 11.4. The number of alkyl halides is 2. The molecule has 0 aliphatic rings. The van der Waals surface area contributed by atoms with Gasteiger partial charge < -0.3 is 4.98 Å². The summed E-state index contributed by atoms with van der Waals surface area (Å²) >= 11 is 5.91. The number of aryl methyl sites for hydroxylation is 1. The average Bonchev–Trinajstić information content (AvgIpc) is 3.11. The third-order valence-electron chi connectivity index (χ3n) is 3.54. The molecule has 24 heavy (non-hydrogen) atoms. The van der Waals surface area contributed by atoms with Gasteiger partial charge in [0, 0.05) is 15.2 Å². The molecule has 0 unspecified atom stereocenters. The van der Waals surface area contributed by atoms with Crippen molar-refractivity contribution in [2.24, 2.45) is 0 Å². The summed E-state index contributed by atoms with van der Waals surface area (Å²) < 4.78 is 27.2. The van der Waals surface area contributed by atoms with E-state index >= 15 is 0 Å². The van der Waals surface area contributed by atoms with E-state index in [1.807, 2.05) is 11.4 Å². The maximum Gasteiger partial charge on any atom is 0.280 e. The predicted molar refractivity (Wildman–Crippen MR) is 96.2 cm³/mol. The van der Waals surface area contributed by atoms with Crippen LogP contribution in [0.2, 0.25) is 0 Å². The summed E-state index contributed by atoms with van der Waals surface area (Å²) in [5, 5.41) is 2.55. The van der Waals surface area contributed by atoms with Gasteiger partial charge in [0.25, 0.3) is 12.0 Å². The number of aromatic nitrogens is 3. The molecular formula is C15H8BrF2N3OS2. The Hall–Kier alpha value is -1.71. The normalized spacial score (nSPS) is 11.9. The van der Waals surface area contributed by atoms with Crippen LogP contribution in [0.1, 0.15) is 17.7 Å². The highest BCUT2D eigenvalue weighted by Crippen LogP contribution is 2.35. The Morgan fingerprint density at radius 2 is 2.08 bits per heavy atom. The summed E-state index contributed by atoms with van der Waals surface area (Å²) in [6, 6.07) is 3.22. The van der Waals surface area contributed by atoms with Gasteiger partial charge in [-0.25, -0.2) is 18.7 Å². The van der Waals surface area contributed by atoms with Gasteiger partial charge in [0.05, 0.1) is 10.4 Å². The number of nitrogens with one attached hydrogen (secondary N) is 1. The van der Waals surface area contributed by atoms with Crippen molar-refractivity contribution >= 4 is 59.0 Å². The summed E-state index contributed by atoms with van der Waals surface area (Å²) in [6.07, 6.45) is -2.65. The fourth-order valence-corrected chi connectivity index (χ4v) is 4.98. The lowest BCUT2D eigenvalue weighted by Crippen LogP contribution is -2.07. The van der Waals surface area contributed by atoms with Crippen LogP contribution in [0.4, 0.5) is 8.78 Å². The Kier molecular flexibility index (Phi) is 3.74. The van der Waals surface area contributed by atoms with Gasteiger partial charge in [-0.05, 0) is 40.5 Å². The van der Waals surface area contributed by atoms with Crippen molar-refractivity contribution in [2.75, 3.05) is 0 Å². The van der Waals surface area contributed by atoms with Gasteiger partial charge in [-0.15, -0.1) is 22.7 Å². The monoisotopic (exact) mass is 427 g/mol. The van der Waals surface area contributed by atoms with Gasteiger partial charge in [0.2, 0.25) is 0 Å². The van der Waals surface area contributed by atoms with E-state index in [0.29, 0.717) is 31.8 Å². The number of nitrogens with zero attached hydrogens (tertiary/aromatic N) is 2. The fourth-order valence-electron chi connectivity index (χ4n) is 2.52. The standard InChI is InChI=1S/C15H8BrF2N3OS2/c1-5-2-7(12(17)18)19-15-9(5)10-11(24-15)14(22)21-13(20-10)8-3-6(16)4-23-8/h2-4,12H,1H3,(H,20,21,22). The molecule has 0 spiro atoms. The van der Waals surface area contributed by atoms with Crippen LogP contribution < -0.4 is 5.56 Å². The predicted octanol–water partition coefficient (Wildman–Crippen LogP) is 5.27. The lowest BCUT2D eigenvalue weighted by Gasteiger charge is -2.02. The number of hydrogen-bond acceptors (Lipinski definition) is 5. The molecule has 4 heterocycles. The minimum atomic E-state index is -2.65. The van der Waals surface area contributed by atoms with Crippen molar-refractivity contribution in [3.8, 4) is 10.7 Å². The van der Waals surface area contributed by atoms with Crippen molar-refractivity contribution < 1.29 is 8.78 Å². The number of thiophene rings is 2. The van der Waals surface area contributed by atoms with Crippen LogP contribution in [-0.4, -0.2) is 15.0 Å². The molecule has 0 amide bonds. The first kappa shape index (κ1) is 15.8. The van der Waals surface area contributed by atoms with E-state index in [1.54, 1.807) is 6.92 Å². The zero-order valence-electron chi connectivity index (χ0n) is 12.1. The lowest BCUT2D eigenvalue weighted by atomic mass is 10.1. The molecule has 0 saturated carbocycles. The minimum Gasteiger partial charge on any atom is -0.305 e. The highest BCUT2D eigenvalue weighted by Gasteiger charge is 2.19. The van der Waals surface area contributed by atoms with Crippen LogP contribution in [0.25, 0.3) is 31.1 Å². The number of pyridine rings is 1. The zero-order valence-corrected chi connectivity index (χ0v) is 15.3. The molecule has 0 atom stereocenters. The molecule has 0 saturated heterocycles. The second kappa shape index (κ2) is 5.68. The fraction of sp³-hybridized carbons (Fsp3) is 0.133. The van der Waals surface area contributed by atoms with Crippen LogP contribution in [0.15, 0.2) is 26.8 Å². The molecule has 4 aromatic rings. The molecule has 0 radical (unpaired) electrons. The Morgan fingerprint density at radius 3 is 2.75 bits per heavy atom. The lowest BCUT2D eigenvalue weighted by molar-refractivity contribution is 0.146. The molecular weight excluding hydrogens is 420 g/mol. The maximum atomic E-state index is 13.0. The van der Waals surface area contributed by atoms with Gasteiger partial charge in [-0.2, -0.15) is 0 Å². The van der Waals surface area contributed by atoms with Crippen LogP contribution in [0.3, 0.4) is 0 Å². The Balaban J connectivity index is 2.06. The molecule has 0 aliphatic heterocycles. The SMILES string of the molecule is Cc1cc(C(F)F)nc2sc3c(=O)[nH]c(-c4cc(Br)cs4)nc3c12. The summed E-state index contributed by atoms with van der Waals surface area (Å²) in [5.74, 6) is 0.459. The molecule has 4 aromatic heterocycles. The molecule has 122 valence electrons. The van der Waals surface area contributed by atoms with Crippen molar-refractivity contribution in [3.63, 3.8) is 0 Å². The molecule has 4 rings (SSSR count). The van der Waals surface area contributed by atoms with E-state index in [4.69, 9.17) is 0 Å². The quantitative estimate of drug-likeness (QED) is 0.473. The van der Waals surface area contributed by atoms with Crippen LogP contribution in [0, 0.1) is 6.92 Å². The van der Waals surface area contributed by atoms with Crippen LogP contribution in [0.5, 0.6) is 0 Å². The molecule has 0 aliphatic carbocycles. The second-order valence-corrected chi connectivity index (χ2v) is 7.99. The number of fused-ring (bicyclic) bond motifs is 3. The minimum absolute atomic E-state index is 0.287. The number of halogens is 3. The highest BCUT2D eigenvalue weighted by atomic mass is 79.9. The van der Waals surface area contributed by atoms with E-state index in [9.17, 15) is 13.6 Å². The van der Waals surface area contributed by atoms with Gasteiger partial charge in [-0.3, -0.25) is 4.79 Å². The Morgan fingerprint density at radius 1 is 1.29 bits per heavy atom. The largest absolute Gasteiger partial charge is 0.305 e. The smallest absolute Gasteiger partial charge is 0.280 e. The summed E-state index contributed by atoms with van der Waals surface area (Å²) in [5.41, 5.74) is 0.563. The van der Waals surface area contributed by atoms with Gasteiger partial charge in [-0.1, -0.05) is 0 Å². The van der Waals surface area contributed by atoms with Crippen molar-refractivity contribution in [2.45, 2.75) is 13.3 Å². The third-order valence-corrected chi connectivity index (χ3v) is 6.31. The first-order valence-corrected chi connectivity index (χ1v) is 9.29.